The third-order valence-electron chi connectivity index (χ3n) is 3.29. The topological polar surface area (TPSA) is 55.2 Å². The summed E-state index contributed by atoms with van der Waals surface area (Å²) < 4.78 is 26.1. The molecule has 1 rings (SSSR count). The minimum atomic E-state index is -2.71. The van der Waals surface area contributed by atoms with E-state index in [4.69, 9.17) is 0 Å². The van der Waals surface area contributed by atoms with Crippen LogP contribution in [0.3, 0.4) is 0 Å². The Morgan fingerprint density at radius 2 is 2.00 bits per heavy atom. The van der Waals surface area contributed by atoms with Crippen LogP contribution in [0.15, 0.2) is 18.2 Å². The van der Waals surface area contributed by atoms with Gasteiger partial charge in [0.2, 0.25) is 0 Å². The number of alkyl halides is 2. The summed E-state index contributed by atoms with van der Waals surface area (Å²) in [5.74, 6) is 0.288. The van der Waals surface area contributed by atoms with Crippen molar-refractivity contribution in [3.8, 4) is 0 Å². The fourth-order valence-corrected chi connectivity index (χ4v) is 2.13. The van der Waals surface area contributed by atoms with Crippen LogP contribution in [0, 0.1) is 16.0 Å². The monoisotopic (exact) mass is 286 g/mol. The summed E-state index contributed by atoms with van der Waals surface area (Å²) in [6, 6.07) is 3.76. The van der Waals surface area contributed by atoms with Gasteiger partial charge in [-0.1, -0.05) is 26.8 Å². The lowest BCUT2D eigenvalue weighted by molar-refractivity contribution is -0.385. The molecule has 1 aromatic rings. The Kier molecular flexibility index (Phi) is 6.01. The third kappa shape index (κ3) is 4.23. The summed E-state index contributed by atoms with van der Waals surface area (Å²) in [5.41, 5.74) is -0.0819. The zero-order valence-corrected chi connectivity index (χ0v) is 11.9. The van der Waals surface area contributed by atoms with Crippen LogP contribution in [0.5, 0.6) is 0 Å². The molecule has 6 heteroatoms. The molecule has 4 nitrogen and oxygen atoms in total. The predicted octanol–water partition coefficient (Wildman–Crippen LogP) is 3.71. The first kappa shape index (κ1) is 16.5. The Balaban J connectivity index is 3.07. The molecule has 0 saturated carbocycles. The minimum Gasteiger partial charge on any atom is -0.314 e. The minimum absolute atomic E-state index is 0.0685. The van der Waals surface area contributed by atoms with Crippen molar-refractivity contribution in [2.75, 3.05) is 6.54 Å². The van der Waals surface area contributed by atoms with Gasteiger partial charge in [-0.2, -0.15) is 0 Å². The van der Waals surface area contributed by atoms with Gasteiger partial charge in [-0.3, -0.25) is 10.1 Å². The number of halogens is 2. The zero-order valence-electron chi connectivity index (χ0n) is 11.9. The van der Waals surface area contributed by atoms with Gasteiger partial charge in [-0.15, -0.1) is 0 Å². The molecule has 0 aliphatic carbocycles. The molecule has 20 heavy (non-hydrogen) atoms. The molecule has 0 fully saturated rings. The van der Waals surface area contributed by atoms with Crippen LogP contribution in [-0.4, -0.2) is 17.5 Å². The van der Waals surface area contributed by atoms with E-state index in [1.165, 1.54) is 12.1 Å². The molecule has 0 bridgehead atoms. The lowest BCUT2D eigenvalue weighted by atomic mass is 9.93. The number of nitro benzene ring substituents is 1. The van der Waals surface area contributed by atoms with E-state index in [1.54, 1.807) is 0 Å². The standard InChI is InChI=1S/C14H20F2N2O2/c1-4-17-13(9(2)3)7-10-5-6-11(18(19)20)8-12(10)14(15)16/h5-6,8-9,13-14,17H,4,7H2,1-3H3. The van der Waals surface area contributed by atoms with Crippen molar-refractivity contribution in [1.82, 2.24) is 5.32 Å². The molecule has 0 aliphatic rings. The highest BCUT2D eigenvalue weighted by Gasteiger charge is 2.21. The fraction of sp³-hybridized carbons (Fsp3) is 0.571. The predicted molar refractivity (Wildman–Crippen MR) is 74.1 cm³/mol. The second-order valence-electron chi connectivity index (χ2n) is 5.05. The SMILES string of the molecule is CCNC(Cc1ccc([N+](=O)[O-])cc1C(F)F)C(C)C. The summed E-state index contributed by atoms with van der Waals surface area (Å²) in [5, 5.41) is 13.9. The first-order valence-corrected chi connectivity index (χ1v) is 6.65. The molecule has 1 unspecified atom stereocenters. The molecule has 0 aromatic heterocycles. The Morgan fingerprint density at radius 1 is 1.35 bits per heavy atom. The molecule has 0 saturated heterocycles. The highest BCUT2D eigenvalue weighted by Crippen LogP contribution is 2.28. The van der Waals surface area contributed by atoms with Gasteiger partial charge in [0.25, 0.3) is 12.1 Å². The van der Waals surface area contributed by atoms with Crippen molar-refractivity contribution in [3.05, 3.63) is 39.4 Å². The van der Waals surface area contributed by atoms with E-state index in [9.17, 15) is 18.9 Å². The molecule has 0 amide bonds. The molecule has 1 N–H and O–H groups in total. The molecule has 0 aliphatic heterocycles. The summed E-state index contributed by atoms with van der Waals surface area (Å²) in [6.07, 6.45) is -2.28. The van der Waals surface area contributed by atoms with Gasteiger partial charge in [0, 0.05) is 23.7 Å². The summed E-state index contributed by atoms with van der Waals surface area (Å²) in [6.45, 7) is 6.74. The average molecular weight is 286 g/mol. The highest BCUT2D eigenvalue weighted by molar-refractivity contribution is 5.41. The van der Waals surface area contributed by atoms with E-state index in [-0.39, 0.29) is 23.2 Å². The first-order valence-electron chi connectivity index (χ1n) is 6.65. The van der Waals surface area contributed by atoms with Gasteiger partial charge in [-0.05, 0) is 24.4 Å². The van der Waals surface area contributed by atoms with Crippen molar-refractivity contribution in [2.45, 2.75) is 39.7 Å². The molecule has 0 radical (unpaired) electrons. The van der Waals surface area contributed by atoms with Crippen molar-refractivity contribution >= 4 is 5.69 Å². The Hall–Kier alpha value is -1.56. The normalized spacial score (nSPS) is 12.9. The molecule has 0 spiro atoms. The van der Waals surface area contributed by atoms with Gasteiger partial charge >= 0.3 is 0 Å². The van der Waals surface area contributed by atoms with Crippen LogP contribution in [0.4, 0.5) is 14.5 Å². The molecule has 1 aromatic carbocycles. The van der Waals surface area contributed by atoms with E-state index < -0.39 is 11.3 Å². The summed E-state index contributed by atoms with van der Waals surface area (Å²) in [4.78, 5) is 10.0. The summed E-state index contributed by atoms with van der Waals surface area (Å²) in [7, 11) is 0. The van der Waals surface area contributed by atoms with E-state index >= 15 is 0 Å². The molecule has 1 atom stereocenters. The Labute approximate surface area is 117 Å². The number of nitro groups is 1. The van der Waals surface area contributed by atoms with Crippen LogP contribution < -0.4 is 5.32 Å². The smallest absolute Gasteiger partial charge is 0.269 e. The van der Waals surface area contributed by atoms with E-state index in [1.807, 2.05) is 20.8 Å². The van der Waals surface area contributed by atoms with Crippen molar-refractivity contribution in [1.29, 1.82) is 0 Å². The number of nitrogens with one attached hydrogen (secondary N) is 1. The van der Waals surface area contributed by atoms with E-state index in [0.29, 0.717) is 12.0 Å². The van der Waals surface area contributed by atoms with Crippen molar-refractivity contribution < 1.29 is 13.7 Å². The number of non-ortho nitro benzene ring substituents is 1. The van der Waals surface area contributed by atoms with Gasteiger partial charge < -0.3 is 5.32 Å². The van der Waals surface area contributed by atoms with Crippen LogP contribution >= 0.6 is 0 Å². The first-order chi connectivity index (χ1) is 9.36. The Morgan fingerprint density at radius 3 is 2.45 bits per heavy atom. The maximum Gasteiger partial charge on any atom is 0.269 e. The quantitative estimate of drug-likeness (QED) is 0.614. The largest absolute Gasteiger partial charge is 0.314 e. The maximum absolute atomic E-state index is 13.1. The lowest BCUT2D eigenvalue weighted by Gasteiger charge is -2.23. The zero-order chi connectivity index (χ0) is 15.3. The van der Waals surface area contributed by atoms with Gasteiger partial charge in [-0.25, -0.2) is 8.78 Å². The van der Waals surface area contributed by atoms with Gasteiger partial charge in [0.05, 0.1) is 4.92 Å². The molecule has 112 valence electrons. The second-order valence-corrected chi connectivity index (χ2v) is 5.05. The number of likely N-dealkylation sites (N-methyl/N-ethyl adjacent to an activating group) is 1. The number of hydrogen-bond acceptors (Lipinski definition) is 3. The summed E-state index contributed by atoms with van der Waals surface area (Å²) >= 11 is 0. The third-order valence-corrected chi connectivity index (χ3v) is 3.29. The maximum atomic E-state index is 13.1. The number of nitrogens with zero attached hydrogens (tertiary/aromatic N) is 1. The lowest BCUT2D eigenvalue weighted by Crippen LogP contribution is -2.35. The van der Waals surface area contributed by atoms with Crippen LogP contribution in [0.2, 0.25) is 0 Å². The molecule has 0 heterocycles. The van der Waals surface area contributed by atoms with Gasteiger partial charge in [0.15, 0.2) is 0 Å². The fourth-order valence-electron chi connectivity index (χ4n) is 2.13. The molecular formula is C14H20F2N2O2. The number of benzene rings is 1. The van der Waals surface area contributed by atoms with Crippen LogP contribution in [0.25, 0.3) is 0 Å². The number of hydrogen-bond donors (Lipinski definition) is 1. The Bertz CT molecular complexity index is 464. The van der Waals surface area contributed by atoms with Crippen LogP contribution in [-0.2, 0) is 6.42 Å². The van der Waals surface area contributed by atoms with E-state index in [2.05, 4.69) is 5.32 Å². The van der Waals surface area contributed by atoms with Gasteiger partial charge in [0.1, 0.15) is 0 Å². The number of rotatable bonds is 7. The van der Waals surface area contributed by atoms with Crippen molar-refractivity contribution in [2.24, 2.45) is 5.92 Å². The van der Waals surface area contributed by atoms with Crippen LogP contribution in [0.1, 0.15) is 38.3 Å². The average Bonchev–Trinajstić information content (AvgIpc) is 2.37. The van der Waals surface area contributed by atoms with Crippen molar-refractivity contribution in [3.63, 3.8) is 0 Å². The highest BCUT2D eigenvalue weighted by atomic mass is 19.3. The second kappa shape index (κ2) is 7.28. The molecular weight excluding hydrogens is 266 g/mol. The van der Waals surface area contributed by atoms with E-state index in [0.717, 1.165) is 12.6 Å².